The zero-order chi connectivity index (χ0) is 10.2. The first-order valence-corrected chi connectivity index (χ1v) is 5.06. The topological polar surface area (TPSA) is 12.0 Å². The molecule has 0 saturated carbocycles. The number of unbranched alkanes of at least 4 members (excludes halogenated alkanes) is 1. The molecule has 1 aromatic rings. The molecule has 14 heavy (non-hydrogen) atoms. The van der Waals surface area contributed by atoms with Crippen molar-refractivity contribution in [3.63, 3.8) is 0 Å². The van der Waals surface area contributed by atoms with Crippen molar-refractivity contribution in [2.45, 2.75) is 25.8 Å². The Kier molecular flexibility index (Phi) is 4.82. The SMILES string of the molecule is C#CCCCN[C@@H](C)c1ccccc1. The maximum absolute atomic E-state index is 5.18. The fourth-order valence-corrected chi connectivity index (χ4v) is 1.37. The summed E-state index contributed by atoms with van der Waals surface area (Å²) < 4.78 is 0. The zero-order valence-electron chi connectivity index (χ0n) is 8.66. The van der Waals surface area contributed by atoms with Gasteiger partial charge in [0.15, 0.2) is 0 Å². The van der Waals surface area contributed by atoms with Crippen LogP contribution in [0.2, 0.25) is 0 Å². The predicted molar refractivity (Wildman–Crippen MR) is 60.9 cm³/mol. The van der Waals surface area contributed by atoms with E-state index in [4.69, 9.17) is 6.42 Å². The molecule has 0 amide bonds. The third-order valence-electron chi connectivity index (χ3n) is 2.25. The summed E-state index contributed by atoms with van der Waals surface area (Å²) >= 11 is 0. The Morgan fingerprint density at radius 1 is 1.36 bits per heavy atom. The van der Waals surface area contributed by atoms with Crippen LogP contribution in [0.4, 0.5) is 0 Å². The first-order chi connectivity index (χ1) is 6.84. The number of terminal acetylenes is 1. The van der Waals surface area contributed by atoms with Crippen molar-refractivity contribution in [1.82, 2.24) is 5.32 Å². The maximum Gasteiger partial charge on any atom is 0.0291 e. The van der Waals surface area contributed by atoms with E-state index in [-0.39, 0.29) is 0 Å². The highest BCUT2D eigenvalue weighted by atomic mass is 14.9. The van der Waals surface area contributed by atoms with Crippen LogP contribution in [-0.2, 0) is 0 Å². The quantitative estimate of drug-likeness (QED) is 0.552. The van der Waals surface area contributed by atoms with E-state index in [9.17, 15) is 0 Å². The third-order valence-corrected chi connectivity index (χ3v) is 2.25. The fraction of sp³-hybridized carbons (Fsp3) is 0.385. The normalized spacial score (nSPS) is 12.0. The van der Waals surface area contributed by atoms with Gasteiger partial charge in [-0.15, -0.1) is 12.3 Å². The van der Waals surface area contributed by atoms with E-state index in [0.29, 0.717) is 6.04 Å². The Balaban J connectivity index is 2.29. The van der Waals surface area contributed by atoms with Gasteiger partial charge in [0.25, 0.3) is 0 Å². The fourth-order valence-electron chi connectivity index (χ4n) is 1.37. The number of rotatable bonds is 5. The molecule has 0 heterocycles. The minimum absolute atomic E-state index is 0.411. The molecule has 1 N–H and O–H groups in total. The molecule has 0 aliphatic carbocycles. The molecule has 1 heteroatoms. The zero-order valence-corrected chi connectivity index (χ0v) is 8.66. The van der Waals surface area contributed by atoms with E-state index >= 15 is 0 Å². The largest absolute Gasteiger partial charge is 0.310 e. The van der Waals surface area contributed by atoms with Crippen LogP contribution >= 0.6 is 0 Å². The van der Waals surface area contributed by atoms with Gasteiger partial charge in [0.2, 0.25) is 0 Å². The molecule has 1 atom stereocenters. The van der Waals surface area contributed by atoms with Crippen LogP contribution in [0.15, 0.2) is 30.3 Å². The van der Waals surface area contributed by atoms with Gasteiger partial charge in [0, 0.05) is 12.5 Å². The van der Waals surface area contributed by atoms with Crippen LogP contribution in [0.5, 0.6) is 0 Å². The van der Waals surface area contributed by atoms with Gasteiger partial charge in [-0.25, -0.2) is 0 Å². The molecule has 0 spiro atoms. The highest BCUT2D eigenvalue weighted by Crippen LogP contribution is 2.10. The van der Waals surface area contributed by atoms with Gasteiger partial charge in [-0.2, -0.15) is 0 Å². The average Bonchev–Trinajstić information content (AvgIpc) is 2.25. The molecule has 0 bridgehead atoms. The standard InChI is InChI=1S/C13H17N/c1-3-4-8-11-14-12(2)13-9-6-5-7-10-13/h1,5-7,9-10,12,14H,4,8,11H2,2H3/t12-/m0/s1. The second-order valence-corrected chi connectivity index (χ2v) is 3.39. The maximum atomic E-state index is 5.18. The van der Waals surface area contributed by atoms with Gasteiger partial charge in [-0.1, -0.05) is 30.3 Å². The first kappa shape index (κ1) is 10.8. The van der Waals surface area contributed by atoms with E-state index in [1.165, 1.54) is 5.56 Å². The van der Waals surface area contributed by atoms with E-state index < -0.39 is 0 Å². The number of hydrogen-bond donors (Lipinski definition) is 1. The van der Waals surface area contributed by atoms with Crippen LogP contribution in [0.25, 0.3) is 0 Å². The molecular formula is C13H17N. The summed E-state index contributed by atoms with van der Waals surface area (Å²) in [5.74, 6) is 2.64. The van der Waals surface area contributed by atoms with Gasteiger partial charge in [0.1, 0.15) is 0 Å². The van der Waals surface area contributed by atoms with E-state index in [2.05, 4.69) is 42.4 Å². The summed E-state index contributed by atoms with van der Waals surface area (Å²) in [5, 5.41) is 3.44. The average molecular weight is 187 g/mol. The molecule has 0 unspecified atom stereocenters. The van der Waals surface area contributed by atoms with Crippen molar-refractivity contribution in [1.29, 1.82) is 0 Å². The monoisotopic (exact) mass is 187 g/mol. The summed E-state index contributed by atoms with van der Waals surface area (Å²) in [6, 6.07) is 10.9. The predicted octanol–water partition coefficient (Wildman–Crippen LogP) is 2.75. The van der Waals surface area contributed by atoms with E-state index in [0.717, 1.165) is 19.4 Å². The van der Waals surface area contributed by atoms with Crippen LogP contribution in [0.3, 0.4) is 0 Å². The van der Waals surface area contributed by atoms with Crippen molar-refractivity contribution < 1.29 is 0 Å². The Morgan fingerprint density at radius 3 is 2.71 bits per heavy atom. The van der Waals surface area contributed by atoms with Crippen LogP contribution in [0.1, 0.15) is 31.4 Å². The van der Waals surface area contributed by atoms with Crippen molar-refractivity contribution in [2.75, 3.05) is 6.54 Å². The van der Waals surface area contributed by atoms with Gasteiger partial charge in [-0.3, -0.25) is 0 Å². The molecule has 0 fully saturated rings. The molecule has 1 nitrogen and oxygen atoms in total. The lowest BCUT2D eigenvalue weighted by atomic mass is 10.1. The lowest BCUT2D eigenvalue weighted by molar-refractivity contribution is 0.563. The molecule has 0 aliphatic rings. The number of nitrogens with one attached hydrogen (secondary N) is 1. The van der Waals surface area contributed by atoms with Gasteiger partial charge in [0.05, 0.1) is 0 Å². The Morgan fingerprint density at radius 2 is 2.07 bits per heavy atom. The lowest BCUT2D eigenvalue weighted by Crippen LogP contribution is -2.19. The summed E-state index contributed by atoms with van der Waals surface area (Å²) in [6.45, 7) is 3.16. The third kappa shape index (κ3) is 3.64. The second-order valence-electron chi connectivity index (χ2n) is 3.39. The molecule has 0 aliphatic heterocycles. The van der Waals surface area contributed by atoms with Crippen LogP contribution in [0, 0.1) is 12.3 Å². The molecule has 0 aromatic heterocycles. The smallest absolute Gasteiger partial charge is 0.0291 e. The minimum atomic E-state index is 0.411. The van der Waals surface area contributed by atoms with E-state index in [1.807, 2.05) is 6.07 Å². The molecular weight excluding hydrogens is 170 g/mol. The van der Waals surface area contributed by atoms with Crippen molar-refractivity contribution in [3.05, 3.63) is 35.9 Å². The molecule has 0 radical (unpaired) electrons. The Labute approximate surface area is 86.5 Å². The minimum Gasteiger partial charge on any atom is -0.310 e. The van der Waals surface area contributed by atoms with Gasteiger partial charge >= 0.3 is 0 Å². The Hall–Kier alpha value is -1.26. The Bertz CT molecular complexity index is 284. The van der Waals surface area contributed by atoms with E-state index in [1.54, 1.807) is 0 Å². The van der Waals surface area contributed by atoms with Gasteiger partial charge in [-0.05, 0) is 25.5 Å². The molecule has 0 saturated heterocycles. The summed E-state index contributed by atoms with van der Waals surface area (Å²) in [6.07, 6.45) is 7.08. The van der Waals surface area contributed by atoms with Crippen LogP contribution < -0.4 is 5.32 Å². The molecule has 1 aromatic carbocycles. The highest BCUT2D eigenvalue weighted by molar-refractivity contribution is 5.17. The van der Waals surface area contributed by atoms with Crippen molar-refractivity contribution >= 4 is 0 Å². The number of benzene rings is 1. The summed E-state index contributed by atoms with van der Waals surface area (Å²) in [5.41, 5.74) is 1.33. The summed E-state index contributed by atoms with van der Waals surface area (Å²) in [4.78, 5) is 0. The van der Waals surface area contributed by atoms with Crippen molar-refractivity contribution in [2.24, 2.45) is 0 Å². The first-order valence-electron chi connectivity index (χ1n) is 5.06. The molecule has 1 rings (SSSR count). The van der Waals surface area contributed by atoms with Gasteiger partial charge < -0.3 is 5.32 Å². The highest BCUT2D eigenvalue weighted by Gasteiger charge is 2.01. The summed E-state index contributed by atoms with van der Waals surface area (Å²) in [7, 11) is 0. The number of hydrogen-bond acceptors (Lipinski definition) is 1. The van der Waals surface area contributed by atoms with Crippen molar-refractivity contribution in [3.8, 4) is 12.3 Å². The molecule has 74 valence electrons. The second kappa shape index (κ2) is 6.23. The van der Waals surface area contributed by atoms with Crippen LogP contribution in [-0.4, -0.2) is 6.54 Å². The lowest BCUT2D eigenvalue weighted by Gasteiger charge is -2.13.